The molecule has 10 heteroatoms. The molecule has 0 unspecified atom stereocenters. The first-order valence-corrected chi connectivity index (χ1v) is 12.8. The maximum Gasteiger partial charge on any atom is 0.240 e. The van der Waals surface area contributed by atoms with Crippen molar-refractivity contribution in [3.63, 3.8) is 0 Å². The molecule has 1 fully saturated rings. The minimum absolute atomic E-state index is 0.0149. The summed E-state index contributed by atoms with van der Waals surface area (Å²) >= 11 is 0. The molecule has 1 aliphatic heterocycles. The fraction of sp³-hybridized carbons (Fsp3) is 0.400. The minimum Gasteiger partial charge on any atom is -0.326 e. The molecule has 0 saturated carbocycles. The lowest BCUT2D eigenvalue weighted by Crippen LogP contribution is -2.46. The van der Waals surface area contributed by atoms with Crippen molar-refractivity contribution in [3.05, 3.63) is 66.0 Å². The highest BCUT2D eigenvalue weighted by molar-refractivity contribution is 7.89. The van der Waals surface area contributed by atoms with Gasteiger partial charge in [0.2, 0.25) is 20.0 Å². The Morgan fingerprint density at radius 1 is 1.07 bits per heavy atom. The van der Waals surface area contributed by atoms with Crippen molar-refractivity contribution in [1.82, 2.24) is 9.03 Å². The third-order valence-corrected chi connectivity index (χ3v) is 8.59. The Morgan fingerprint density at radius 2 is 1.73 bits per heavy atom. The molecular formula is C20H26FN3O4S2. The van der Waals surface area contributed by atoms with Crippen LogP contribution < -0.4 is 10.5 Å². The Hall–Kier alpha value is -1.85. The zero-order valence-electron chi connectivity index (χ0n) is 16.4. The van der Waals surface area contributed by atoms with E-state index in [4.69, 9.17) is 5.73 Å². The minimum atomic E-state index is -3.72. The Balaban J connectivity index is 1.63. The van der Waals surface area contributed by atoms with Crippen molar-refractivity contribution in [1.29, 1.82) is 0 Å². The van der Waals surface area contributed by atoms with E-state index in [-0.39, 0.29) is 23.6 Å². The number of hydrogen-bond acceptors (Lipinski definition) is 5. The number of benzene rings is 2. The fourth-order valence-corrected chi connectivity index (χ4v) is 6.63. The lowest BCUT2D eigenvalue weighted by Gasteiger charge is -2.26. The number of nitrogens with one attached hydrogen (secondary N) is 1. The van der Waals surface area contributed by atoms with Gasteiger partial charge in [0.1, 0.15) is 5.82 Å². The SMILES string of the molecule is N[C@H](Cc1ccccc1F)CS(=O)(=O)N1CCC[C@H]1CNS(=O)(=O)c1ccccc1. The van der Waals surface area contributed by atoms with Crippen LogP contribution in [0.4, 0.5) is 4.39 Å². The van der Waals surface area contributed by atoms with Crippen LogP contribution in [0.2, 0.25) is 0 Å². The summed E-state index contributed by atoms with van der Waals surface area (Å²) < 4.78 is 68.3. The summed E-state index contributed by atoms with van der Waals surface area (Å²) in [6.07, 6.45) is 1.30. The number of rotatable bonds is 9. The van der Waals surface area contributed by atoms with Crippen LogP contribution in [0.25, 0.3) is 0 Å². The van der Waals surface area contributed by atoms with Crippen molar-refractivity contribution >= 4 is 20.0 Å². The van der Waals surface area contributed by atoms with Crippen molar-refractivity contribution in [3.8, 4) is 0 Å². The van der Waals surface area contributed by atoms with E-state index in [1.165, 1.54) is 22.5 Å². The molecule has 0 aliphatic carbocycles. The second-order valence-electron chi connectivity index (χ2n) is 7.41. The molecular weight excluding hydrogens is 429 g/mol. The highest BCUT2D eigenvalue weighted by Gasteiger charge is 2.35. The Labute approximate surface area is 177 Å². The number of nitrogens with two attached hydrogens (primary N) is 1. The number of sulfonamides is 2. The smallest absolute Gasteiger partial charge is 0.240 e. The maximum absolute atomic E-state index is 13.8. The molecule has 1 saturated heterocycles. The van der Waals surface area contributed by atoms with E-state index in [9.17, 15) is 21.2 Å². The van der Waals surface area contributed by atoms with Gasteiger partial charge in [-0.1, -0.05) is 36.4 Å². The summed E-state index contributed by atoms with van der Waals surface area (Å²) in [5, 5.41) is 0. The summed E-state index contributed by atoms with van der Waals surface area (Å²) in [4.78, 5) is 0.129. The quantitative estimate of drug-likeness (QED) is 0.595. The van der Waals surface area contributed by atoms with E-state index in [0.29, 0.717) is 24.9 Å². The van der Waals surface area contributed by atoms with Crippen molar-refractivity contribution in [2.75, 3.05) is 18.8 Å². The molecule has 0 aromatic heterocycles. The fourth-order valence-electron chi connectivity index (χ4n) is 3.64. The lowest BCUT2D eigenvalue weighted by atomic mass is 10.1. The number of nitrogens with zero attached hydrogens (tertiary/aromatic N) is 1. The van der Waals surface area contributed by atoms with Crippen LogP contribution in [-0.4, -0.2) is 52.1 Å². The number of hydrogen-bond donors (Lipinski definition) is 2. The van der Waals surface area contributed by atoms with Gasteiger partial charge in [0.15, 0.2) is 0 Å². The molecule has 164 valence electrons. The predicted octanol–water partition coefficient (Wildman–Crippen LogP) is 1.47. The monoisotopic (exact) mass is 455 g/mol. The molecule has 1 aliphatic rings. The van der Waals surface area contributed by atoms with Gasteiger partial charge in [-0.25, -0.2) is 25.9 Å². The first-order valence-electron chi connectivity index (χ1n) is 9.72. The molecule has 30 heavy (non-hydrogen) atoms. The van der Waals surface area contributed by atoms with Gasteiger partial charge in [0.05, 0.1) is 10.6 Å². The van der Waals surface area contributed by atoms with Gasteiger partial charge in [0.25, 0.3) is 0 Å². The third-order valence-electron chi connectivity index (χ3n) is 5.11. The molecule has 3 N–H and O–H groups in total. The van der Waals surface area contributed by atoms with Crippen LogP contribution in [0.1, 0.15) is 18.4 Å². The second-order valence-corrected chi connectivity index (χ2v) is 11.1. The molecule has 1 heterocycles. The van der Waals surface area contributed by atoms with Crippen LogP contribution in [0.15, 0.2) is 59.5 Å². The molecule has 2 atom stereocenters. The number of halogens is 1. The summed E-state index contributed by atoms with van der Waals surface area (Å²) in [6.45, 7) is 0.297. The van der Waals surface area contributed by atoms with E-state index in [2.05, 4.69) is 4.72 Å². The van der Waals surface area contributed by atoms with Crippen LogP contribution in [0, 0.1) is 5.82 Å². The normalized spacial score (nSPS) is 19.1. The van der Waals surface area contributed by atoms with E-state index in [0.717, 1.165) is 0 Å². The molecule has 2 aromatic rings. The molecule has 0 amide bonds. The van der Waals surface area contributed by atoms with Crippen LogP contribution >= 0.6 is 0 Å². The van der Waals surface area contributed by atoms with Gasteiger partial charge in [-0.3, -0.25) is 0 Å². The van der Waals surface area contributed by atoms with Gasteiger partial charge < -0.3 is 5.73 Å². The highest BCUT2D eigenvalue weighted by atomic mass is 32.2. The van der Waals surface area contributed by atoms with Crippen LogP contribution in [-0.2, 0) is 26.5 Å². The summed E-state index contributed by atoms with van der Waals surface area (Å²) in [7, 11) is -7.45. The average molecular weight is 456 g/mol. The van der Waals surface area contributed by atoms with E-state index < -0.39 is 37.9 Å². The van der Waals surface area contributed by atoms with E-state index >= 15 is 0 Å². The second kappa shape index (κ2) is 9.52. The first-order chi connectivity index (χ1) is 14.2. The Morgan fingerprint density at radius 3 is 2.43 bits per heavy atom. The van der Waals surface area contributed by atoms with Crippen molar-refractivity contribution in [2.24, 2.45) is 5.73 Å². The summed E-state index contributed by atoms with van der Waals surface area (Å²) in [6, 6.07) is 12.8. The van der Waals surface area contributed by atoms with Gasteiger partial charge in [-0.05, 0) is 43.0 Å². The molecule has 0 spiro atoms. The van der Waals surface area contributed by atoms with Crippen molar-refractivity contribution < 1.29 is 21.2 Å². The standard InChI is InChI=1S/C20H26FN3O4S2/c21-20-11-5-4-7-16(20)13-17(22)15-29(25,26)24-12-6-8-18(24)14-23-30(27,28)19-9-2-1-3-10-19/h1-5,7,9-11,17-18,23H,6,8,12-15,22H2/t17-,18+/m1/s1. The van der Waals surface area contributed by atoms with Gasteiger partial charge in [0, 0.05) is 25.2 Å². The van der Waals surface area contributed by atoms with Gasteiger partial charge in [-0.15, -0.1) is 0 Å². The average Bonchev–Trinajstić information content (AvgIpc) is 3.18. The van der Waals surface area contributed by atoms with Crippen molar-refractivity contribution in [2.45, 2.75) is 36.2 Å². The third kappa shape index (κ3) is 5.64. The first kappa shape index (κ1) is 22.8. The molecule has 7 nitrogen and oxygen atoms in total. The molecule has 3 rings (SSSR count). The van der Waals surface area contributed by atoms with E-state index in [1.807, 2.05) is 0 Å². The molecule has 2 aromatic carbocycles. The predicted molar refractivity (Wildman–Crippen MR) is 113 cm³/mol. The Kier molecular flexibility index (Phi) is 7.25. The highest BCUT2D eigenvalue weighted by Crippen LogP contribution is 2.22. The Bertz CT molecular complexity index is 1060. The summed E-state index contributed by atoms with van der Waals surface area (Å²) in [5.74, 6) is -0.747. The largest absolute Gasteiger partial charge is 0.326 e. The van der Waals surface area contributed by atoms with Gasteiger partial charge >= 0.3 is 0 Å². The van der Waals surface area contributed by atoms with E-state index in [1.54, 1.807) is 36.4 Å². The summed E-state index contributed by atoms with van der Waals surface area (Å²) in [5.41, 5.74) is 6.38. The molecule has 0 radical (unpaired) electrons. The van der Waals surface area contributed by atoms with Crippen LogP contribution in [0.5, 0.6) is 0 Å². The lowest BCUT2D eigenvalue weighted by molar-refractivity contribution is 0.382. The zero-order chi connectivity index (χ0) is 21.8. The topological polar surface area (TPSA) is 110 Å². The molecule has 0 bridgehead atoms. The van der Waals surface area contributed by atoms with Crippen LogP contribution in [0.3, 0.4) is 0 Å². The van der Waals surface area contributed by atoms with Gasteiger partial charge in [-0.2, -0.15) is 4.31 Å². The zero-order valence-corrected chi connectivity index (χ0v) is 18.1. The maximum atomic E-state index is 13.8.